The molecule has 0 rings (SSSR count). The summed E-state index contributed by atoms with van der Waals surface area (Å²) in [5.41, 5.74) is 0. The van der Waals surface area contributed by atoms with E-state index in [0.29, 0.717) is 0 Å². The molecule has 64 valence electrons. The fourth-order valence-corrected chi connectivity index (χ4v) is 0. The molecule has 8 heteroatoms. The second-order valence-corrected chi connectivity index (χ2v) is 0. The van der Waals surface area contributed by atoms with Crippen LogP contribution < -0.4 is 6.15 Å². The van der Waals surface area contributed by atoms with Gasteiger partial charge in [0.25, 0.3) is 0 Å². The second-order valence-electron chi connectivity index (χ2n) is 0. The van der Waals surface area contributed by atoms with E-state index in [1.165, 1.54) is 0 Å². The van der Waals surface area contributed by atoms with Gasteiger partial charge in [0.05, 0.1) is 0 Å². The first kappa shape index (κ1) is 3940000. The molecule has 0 saturated carbocycles. The Morgan fingerprint density at radius 2 is 0.375 bits per heavy atom. The SMILES string of the molecule is Cl.N.O.O.O.O.O.O. The van der Waals surface area contributed by atoms with Crippen LogP contribution in [0.1, 0.15) is 0 Å². The van der Waals surface area contributed by atoms with E-state index in [1.807, 2.05) is 0 Å². The molecule has 0 radical (unpaired) electrons. The van der Waals surface area contributed by atoms with Crippen molar-refractivity contribution in [2.45, 2.75) is 0 Å². The average Bonchev–Trinajstić information content (AvgIpc) is 0. The summed E-state index contributed by atoms with van der Waals surface area (Å²) in [5, 5.41) is 0. The molecule has 0 aliphatic heterocycles. The van der Waals surface area contributed by atoms with Crippen molar-refractivity contribution in [3.05, 3.63) is 0 Å². The summed E-state index contributed by atoms with van der Waals surface area (Å²) in [5.74, 6) is 0. The van der Waals surface area contributed by atoms with Gasteiger partial charge >= 0.3 is 0 Å². The first-order valence-electron chi connectivity index (χ1n) is 0. The van der Waals surface area contributed by atoms with E-state index in [4.69, 9.17) is 0 Å². The molecular formula is H16ClNO6. The van der Waals surface area contributed by atoms with E-state index < -0.39 is 0 Å². The summed E-state index contributed by atoms with van der Waals surface area (Å²) in [6.45, 7) is 0. The maximum Gasteiger partial charge on any atom is -0.147 e. The Hall–Kier alpha value is 0.01000. The van der Waals surface area contributed by atoms with Crippen molar-refractivity contribution in [2.24, 2.45) is 0 Å². The van der Waals surface area contributed by atoms with Gasteiger partial charge in [0.1, 0.15) is 0 Å². The smallest absolute Gasteiger partial charge is 0.147 e. The Morgan fingerprint density at radius 1 is 0.375 bits per heavy atom. The molecule has 0 fully saturated rings. The summed E-state index contributed by atoms with van der Waals surface area (Å²) in [6, 6.07) is 0. The van der Waals surface area contributed by atoms with Crippen molar-refractivity contribution in [1.29, 1.82) is 0 Å². The van der Waals surface area contributed by atoms with Crippen molar-refractivity contribution in [3.8, 4) is 0 Å². The van der Waals surface area contributed by atoms with Crippen LogP contribution in [-0.4, -0.2) is 32.9 Å². The van der Waals surface area contributed by atoms with Gasteiger partial charge in [0.2, 0.25) is 0 Å². The topological polar surface area (TPSA) is 224 Å². The first-order valence-corrected chi connectivity index (χ1v) is 0. The summed E-state index contributed by atoms with van der Waals surface area (Å²) in [6.07, 6.45) is 0. The molecule has 0 unspecified atom stereocenters. The number of halogens is 1. The molecule has 0 heterocycles. The fourth-order valence-electron chi connectivity index (χ4n) is 0. The molecule has 0 aliphatic rings. The van der Waals surface area contributed by atoms with Crippen molar-refractivity contribution in [2.75, 3.05) is 0 Å². The van der Waals surface area contributed by atoms with Crippen LogP contribution in [-0.2, 0) is 0 Å². The molecule has 0 aromatic heterocycles. The minimum absolute atomic E-state index is 0. The highest BCUT2D eigenvalue weighted by molar-refractivity contribution is 5.85. The summed E-state index contributed by atoms with van der Waals surface area (Å²) in [4.78, 5) is 0. The lowest BCUT2D eigenvalue weighted by Gasteiger charge is -0.413. The summed E-state index contributed by atoms with van der Waals surface area (Å²) < 4.78 is 0. The largest absolute Gasteiger partial charge is 0.412 e. The van der Waals surface area contributed by atoms with Crippen LogP contribution >= 0.6 is 12.4 Å². The molecule has 0 saturated heterocycles. The van der Waals surface area contributed by atoms with Crippen LogP contribution in [0, 0.1) is 0 Å². The van der Waals surface area contributed by atoms with Crippen molar-refractivity contribution >= 4 is 12.4 Å². The minimum atomic E-state index is 0. The standard InChI is InChI=1S/ClH.H3N.6H2O/h1H;1H3;6*1H2. The van der Waals surface area contributed by atoms with Gasteiger partial charge in [-0.1, -0.05) is 0 Å². The zero-order valence-corrected chi connectivity index (χ0v) is 4.93. The molecule has 8 heavy (non-hydrogen) atoms. The highest BCUT2D eigenvalue weighted by atomic mass is 35.5. The van der Waals surface area contributed by atoms with Gasteiger partial charge in [-0.2, -0.15) is 0 Å². The van der Waals surface area contributed by atoms with Gasteiger partial charge in [-0.15, -0.1) is 12.4 Å². The van der Waals surface area contributed by atoms with Gasteiger partial charge in [-0.3, -0.25) is 0 Å². The van der Waals surface area contributed by atoms with Crippen molar-refractivity contribution in [1.82, 2.24) is 6.15 Å². The van der Waals surface area contributed by atoms with E-state index in [2.05, 4.69) is 0 Å². The highest BCUT2D eigenvalue weighted by Crippen LogP contribution is 0.690. The third-order valence-electron chi connectivity index (χ3n) is 0. The maximum atomic E-state index is 0. The molecule has 0 aliphatic carbocycles. The highest BCUT2D eigenvalue weighted by Gasteiger charge is -0.147. The van der Waals surface area contributed by atoms with Gasteiger partial charge in [0.15, 0.2) is 0 Å². The molecule has 15 N–H and O–H groups in total. The van der Waals surface area contributed by atoms with E-state index in [1.54, 1.807) is 0 Å². The lowest BCUT2D eigenvalue weighted by Crippen LogP contribution is -0.481. The molecule has 0 atom stereocenters. The van der Waals surface area contributed by atoms with Gasteiger partial charge < -0.3 is 39.0 Å². The quantitative estimate of drug-likeness (QED) is 0.365. The van der Waals surface area contributed by atoms with E-state index in [-0.39, 0.29) is 51.4 Å². The first-order chi connectivity index (χ1) is 0. The molecule has 0 aromatic carbocycles. The van der Waals surface area contributed by atoms with Gasteiger partial charge in [-0.25, -0.2) is 0 Å². The Balaban J connectivity index is 0. The predicted octanol–water partition coefficient (Wildman–Crippen LogP) is -4.36. The monoisotopic (exact) mass is 161 g/mol. The van der Waals surface area contributed by atoms with Crippen LogP contribution in [0.3, 0.4) is 0 Å². The van der Waals surface area contributed by atoms with Crippen molar-refractivity contribution < 1.29 is 32.9 Å². The maximum absolute atomic E-state index is 0. The lowest BCUT2D eigenvalue weighted by atomic mass is 14.0. The molecule has 0 bridgehead atoms. The Labute approximate surface area is 52.5 Å². The van der Waals surface area contributed by atoms with E-state index in [0.717, 1.165) is 0 Å². The van der Waals surface area contributed by atoms with Gasteiger partial charge in [-0.05, 0) is 0 Å². The average molecular weight is 162 g/mol. The summed E-state index contributed by atoms with van der Waals surface area (Å²) in [7, 11) is 0. The van der Waals surface area contributed by atoms with Gasteiger partial charge in [0, 0.05) is 0 Å². The van der Waals surface area contributed by atoms with Crippen LogP contribution in [0.5, 0.6) is 0 Å². The number of rotatable bonds is 0. The van der Waals surface area contributed by atoms with Crippen molar-refractivity contribution in [3.63, 3.8) is 0 Å². The number of hydrogen-bond acceptors (Lipinski definition) is 1. The lowest BCUT2D eigenvalue weighted by molar-refractivity contribution is 0.823. The Kier molecular flexibility index (Phi) is 1250000000000. The Bertz CT molecular complexity index is 8.49. The third kappa shape index (κ3) is 1510000. The summed E-state index contributed by atoms with van der Waals surface area (Å²) >= 11 is 0. The Morgan fingerprint density at radius 3 is 0.375 bits per heavy atom. The zero-order valence-electron chi connectivity index (χ0n) is 4.12. The molecular weight excluding hydrogens is 145 g/mol. The molecule has 7 nitrogen and oxygen atoms in total. The molecule has 0 aromatic rings. The normalized spacial score (nSPS) is 0. The third-order valence-corrected chi connectivity index (χ3v) is 0. The molecule has 0 amide bonds. The fraction of sp³-hybridized carbons (Fsp3) is 0. The second kappa shape index (κ2) is 2530000. The van der Waals surface area contributed by atoms with Crippen LogP contribution in [0.25, 0.3) is 0 Å². The predicted molar refractivity (Wildman–Crippen MR) is 34.0 cm³/mol. The zero-order chi connectivity index (χ0) is 0. The van der Waals surface area contributed by atoms with E-state index >= 15 is 0 Å². The minimum Gasteiger partial charge on any atom is -0.412 e. The van der Waals surface area contributed by atoms with Crippen LogP contribution in [0.15, 0.2) is 0 Å². The van der Waals surface area contributed by atoms with E-state index in [9.17, 15) is 0 Å². The molecule has 0 spiro atoms. The van der Waals surface area contributed by atoms with Crippen LogP contribution in [0.2, 0.25) is 0 Å². The van der Waals surface area contributed by atoms with Crippen LogP contribution in [0.4, 0.5) is 0 Å². The number of hydrogen-bond donors (Lipinski definition) is 1.